The fraction of sp³-hybridized carbons (Fsp3) is 0.750. The lowest BCUT2D eigenvalue weighted by Crippen LogP contribution is -2.48. The summed E-state index contributed by atoms with van der Waals surface area (Å²) in [5.74, 6) is 3.61. The fourth-order valence-corrected chi connectivity index (χ4v) is 3.73. The summed E-state index contributed by atoms with van der Waals surface area (Å²) in [6, 6.07) is 4.37. The molecule has 0 spiro atoms. The van der Waals surface area contributed by atoms with Crippen molar-refractivity contribution in [3.05, 3.63) is 24.2 Å². The van der Waals surface area contributed by atoms with E-state index in [1.165, 1.54) is 12.8 Å². The zero-order valence-electron chi connectivity index (χ0n) is 16.5. The highest BCUT2D eigenvalue weighted by Crippen LogP contribution is 2.25. The number of hydrogen-bond donors (Lipinski definition) is 2. The van der Waals surface area contributed by atoms with Crippen molar-refractivity contribution in [2.24, 2.45) is 10.9 Å². The fourth-order valence-electron chi connectivity index (χ4n) is 3.46. The third-order valence-electron chi connectivity index (χ3n) is 5.04. The molecule has 0 radical (unpaired) electrons. The average molecular weight is 382 g/mol. The minimum absolute atomic E-state index is 0.367. The summed E-state index contributed by atoms with van der Waals surface area (Å²) in [5, 5.41) is 7.11. The van der Waals surface area contributed by atoms with Crippen LogP contribution in [0.1, 0.15) is 45.3 Å². The van der Waals surface area contributed by atoms with Crippen molar-refractivity contribution >= 4 is 17.7 Å². The van der Waals surface area contributed by atoms with E-state index in [0.29, 0.717) is 18.1 Å². The van der Waals surface area contributed by atoms with Crippen LogP contribution in [0.3, 0.4) is 0 Å². The predicted octanol–water partition coefficient (Wildman–Crippen LogP) is 3.70. The Labute approximate surface area is 162 Å². The van der Waals surface area contributed by atoms with Gasteiger partial charge in [0.05, 0.1) is 18.9 Å². The predicted molar refractivity (Wildman–Crippen MR) is 111 cm³/mol. The third-order valence-corrected chi connectivity index (χ3v) is 5.63. The van der Waals surface area contributed by atoms with Crippen molar-refractivity contribution in [2.45, 2.75) is 58.1 Å². The van der Waals surface area contributed by atoms with Gasteiger partial charge in [-0.1, -0.05) is 26.7 Å². The number of rotatable bonds is 10. The maximum Gasteiger partial charge on any atom is 0.191 e. The summed E-state index contributed by atoms with van der Waals surface area (Å²) in [4.78, 5) is 4.74. The van der Waals surface area contributed by atoms with Crippen LogP contribution in [0.15, 0.2) is 27.8 Å². The van der Waals surface area contributed by atoms with Crippen LogP contribution in [0.25, 0.3) is 0 Å². The van der Waals surface area contributed by atoms with Crippen LogP contribution in [0.5, 0.6) is 0 Å². The molecular weight excluding hydrogens is 346 g/mol. The molecule has 5 nitrogen and oxygen atoms in total. The quantitative estimate of drug-likeness (QED) is 0.368. The lowest BCUT2D eigenvalue weighted by molar-refractivity contribution is -0.0324. The monoisotopic (exact) mass is 381 g/mol. The van der Waals surface area contributed by atoms with Gasteiger partial charge in [0.1, 0.15) is 5.76 Å². The number of guanidine groups is 1. The Bertz CT molecular complexity index is 503. The summed E-state index contributed by atoms with van der Waals surface area (Å²) in [5.41, 5.74) is 0. The zero-order chi connectivity index (χ0) is 18.6. The van der Waals surface area contributed by atoms with Gasteiger partial charge in [0.2, 0.25) is 0 Å². The van der Waals surface area contributed by atoms with Crippen molar-refractivity contribution in [2.75, 3.05) is 31.7 Å². The molecule has 2 atom stereocenters. The second-order valence-electron chi connectivity index (χ2n) is 6.83. The number of furan rings is 1. The molecule has 0 bridgehead atoms. The average Bonchev–Trinajstić information content (AvgIpc) is 3.17. The van der Waals surface area contributed by atoms with Crippen molar-refractivity contribution in [3.63, 3.8) is 0 Å². The minimum Gasteiger partial charge on any atom is -0.469 e. The molecule has 1 saturated heterocycles. The molecule has 1 aromatic rings. The van der Waals surface area contributed by atoms with Crippen molar-refractivity contribution in [1.29, 1.82) is 0 Å². The van der Waals surface area contributed by atoms with E-state index in [1.807, 2.05) is 23.9 Å². The lowest BCUT2D eigenvalue weighted by Gasteiger charge is -2.35. The van der Waals surface area contributed by atoms with Crippen LogP contribution in [-0.2, 0) is 11.2 Å². The molecule has 26 heavy (non-hydrogen) atoms. The molecule has 2 N–H and O–H groups in total. The molecule has 0 aliphatic carbocycles. The van der Waals surface area contributed by atoms with Crippen molar-refractivity contribution in [3.8, 4) is 0 Å². The summed E-state index contributed by atoms with van der Waals surface area (Å²) in [7, 11) is 0. The number of nitrogens with zero attached hydrogens (tertiary/aromatic N) is 1. The van der Waals surface area contributed by atoms with Gasteiger partial charge >= 0.3 is 0 Å². The van der Waals surface area contributed by atoms with Gasteiger partial charge in [-0.15, -0.1) is 0 Å². The van der Waals surface area contributed by atoms with Crippen LogP contribution in [0.2, 0.25) is 0 Å². The van der Waals surface area contributed by atoms with E-state index in [1.54, 1.807) is 6.26 Å². The normalized spacial score (nSPS) is 21.2. The molecule has 1 aliphatic heterocycles. The van der Waals surface area contributed by atoms with Gasteiger partial charge in [-0.2, -0.15) is 11.8 Å². The number of aliphatic imine (C=N–C) groups is 1. The molecule has 0 amide bonds. The second kappa shape index (κ2) is 12.3. The Hall–Kier alpha value is -1.14. The first kappa shape index (κ1) is 21.2. The highest BCUT2D eigenvalue weighted by molar-refractivity contribution is 7.98. The molecule has 2 rings (SSSR count). The molecule has 1 aromatic heterocycles. The molecule has 2 heterocycles. The maximum atomic E-state index is 6.05. The molecule has 1 aliphatic rings. The lowest BCUT2D eigenvalue weighted by atomic mass is 9.89. The third kappa shape index (κ3) is 7.23. The van der Waals surface area contributed by atoms with Crippen LogP contribution in [-0.4, -0.2) is 49.8 Å². The van der Waals surface area contributed by atoms with Crippen LogP contribution in [0.4, 0.5) is 0 Å². The van der Waals surface area contributed by atoms with Crippen LogP contribution >= 0.6 is 11.8 Å². The Balaban J connectivity index is 1.86. The first-order chi connectivity index (χ1) is 12.8. The second-order valence-corrected chi connectivity index (χ2v) is 7.82. The largest absolute Gasteiger partial charge is 0.469 e. The van der Waals surface area contributed by atoms with E-state index in [2.05, 4.69) is 30.7 Å². The highest BCUT2D eigenvalue weighted by Gasteiger charge is 2.28. The number of thioether (sulfide) groups is 1. The highest BCUT2D eigenvalue weighted by atomic mass is 32.2. The van der Waals surface area contributed by atoms with E-state index >= 15 is 0 Å². The SMILES string of the molecule is CCC(CC)C1CC(NC(=NCCSC)NCCc2ccco2)CCO1. The topological polar surface area (TPSA) is 58.8 Å². The first-order valence-corrected chi connectivity index (χ1v) is 11.3. The molecule has 2 unspecified atom stereocenters. The Morgan fingerprint density at radius 1 is 1.38 bits per heavy atom. The Morgan fingerprint density at radius 2 is 2.23 bits per heavy atom. The number of nitrogens with one attached hydrogen (secondary N) is 2. The van der Waals surface area contributed by atoms with Crippen molar-refractivity contribution in [1.82, 2.24) is 10.6 Å². The van der Waals surface area contributed by atoms with E-state index < -0.39 is 0 Å². The summed E-state index contributed by atoms with van der Waals surface area (Å²) in [6.45, 7) is 7.01. The Morgan fingerprint density at radius 3 is 2.92 bits per heavy atom. The Kier molecular flexibility index (Phi) is 10.00. The number of hydrogen-bond acceptors (Lipinski definition) is 4. The summed E-state index contributed by atoms with van der Waals surface area (Å²) >= 11 is 1.82. The summed E-state index contributed by atoms with van der Waals surface area (Å²) in [6.07, 6.45) is 9.54. The van der Waals surface area contributed by atoms with E-state index in [9.17, 15) is 0 Å². The molecular formula is C20H35N3O2S. The first-order valence-electron chi connectivity index (χ1n) is 9.94. The standard InChI is InChI=1S/C20H35N3O2S/c1-4-16(5-2)19-15-17(9-13-25-19)23-20(22-11-14-26-3)21-10-8-18-7-6-12-24-18/h6-7,12,16-17,19H,4-5,8-11,13-15H2,1-3H3,(H2,21,22,23). The maximum absolute atomic E-state index is 6.05. The van der Waals surface area contributed by atoms with Gasteiger partial charge in [-0.05, 0) is 37.1 Å². The van der Waals surface area contributed by atoms with Crippen LogP contribution in [0, 0.1) is 5.92 Å². The molecule has 0 aromatic carbocycles. The van der Waals surface area contributed by atoms with Gasteiger partial charge in [-0.25, -0.2) is 0 Å². The van der Waals surface area contributed by atoms with Gasteiger partial charge in [0, 0.05) is 31.4 Å². The number of ether oxygens (including phenoxy) is 1. The van der Waals surface area contributed by atoms with Crippen molar-refractivity contribution < 1.29 is 9.15 Å². The smallest absolute Gasteiger partial charge is 0.191 e. The molecule has 6 heteroatoms. The molecule has 1 fully saturated rings. The van der Waals surface area contributed by atoms with E-state index in [4.69, 9.17) is 14.1 Å². The molecule has 0 saturated carbocycles. The summed E-state index contributed by atoms with van der Waals surface area (Å²) < 4.78 is 11.5. The van der Waals surface area contributed by atoms with E-state index in [0.717, 1.165) is 56.4 Å². The van der Waals surface area contributed by atoms with Crippen LogP contribution < -0.4 is 10.6 Å². The molecule has 148 valence electrons. The van der Waals surface area contributed by atoms with E-state index in [-0.39, 0.29) is 0 Å². The minimum atomic E-state index is 0.367. The van der Waals surface area contributed by atoms with Gasteiger partial charge in [-0.3, -0.25) is 4.99 Å². The zero-order valence-corrected chi connectivity index (χ0v) is 17.3. The van der Waals surface area contributed by atoms with Gasteiger partial charge < -0.3 is 19.8 Å². The van der Waals surface area contributed by atoms with Gasteiger partial charge in [0.15, 0.2) is 5.96 Å². The van der Waals surface area contributed by atoms with Gasteiger partial charge in [0.25, 0.3) is 0 Å².